The molecule has 3 aromatic rings. The van der Waals surface area contributed by atoms with Crippen LogP contribution in [-0.4, -0.2) is 20.6 Å². The van der Waals surface area contributed by atoms with E-state index in [1.165, 1.54) is 12.3 Å². The number of rotatable bonds is 2. The maximum Gasteiger partial charge on any atom is 0.271 e. The molecule has 0 saturated carbocycles. The van der Waals surface area contributed by atoms with Gasteiger partial charge in [-0.3, -0.25) is 20.0 Å². The molecule has 0 aromatic carbocycles. The van der Waals surface area contributed by atoms with Gasteiger partial charge in [-0.05, 0) is 30.3 Å². The molecule has 0 aliphatic carbocycles. The second-order valence-electron chi connectivity index (χ2n) is 4.11. The molecule has 0 atom stereocenters. The summed E-state index contributed by atoms with van der Waals surface area (Å²) in [7, 11) is 0. The van der Waals surface area contributed by atoms with Gasteiger partial charge in [-0.2, -0.15) is 4.68 Å². The summed E-state index contributed by atoms with van der Waals surface area (Å²) in [6.45, 7) is 0. The van der Waals surface area contributed by atoms with Crippen LogP contribution in [0.3, 0.4) is 0 Å². The molecule has 1 N–H and O–H groups in total. The van der Waals surface area contributed by atoms with Crippen LogP contribution in [0.4, 0.5) is 0 Å². The Balaban J connectivity index is 2.05. The number of nitrogens with zero attached hydrogens (tertiary/aromatic N) is 3. The molecule has 3 rings (SSSR count). The van der Waals surface area contributed by atoms with E-state index in [4.69, 9.17) is 0 Å². The number of nitrogens with one attached hydrogen (secondary N) is 1. The number of aromatic nitrogens is 3. The van der Waals surface area contributed by atoms with E-state index in [2.05, 4.69) is 15.4 Å². The lowest BCUT2D eigenvalue weighted by molar-refractivity contribution is 0.101. The average molecular weight is 266 g/mol. The van der Waals surface area contributed by atoms with Gasteiger partial charge in [0.05, 0.1) is 5.56 Å². The molecule has 20 heavy (non-hydrogen) atoms. The van der Waals surface area contributed by atoms with Crippen LogP contribution < -0.4 is 11.0 Å². The van der Waals surface area contributed by atoms with Crippen LogP contribution in [0.5, 0.6) is 0 Å². The lowest BCUT2D eigenvalue weighted by atomic mass is 10.3. The minimum Gasteiger partial charge on any atom is -0.267 e. The number of hydrogen-bond acceptors (Lipinski definition) is 4. The molecule has 0 aliphatic heterocycles. The zero-order valence-corrected chi connectivity index (χ0v) is 10.4. The Morgan fingerprint density at radius 3 is 2.75 bits per heavy atom. The van der Waals surface area contributed by atoms with E-state index in [-0.39, 0.29) is 5.56 Å². The molecule has 0 unspecified atom stereocenters. The van der Waals surface area contributed by atoms with Gasteiger partial charge < -0.3 is 0 Å². The minimum atomic E-state index is -0.418. The summed E-state index contributed by atoms with van der Waals surface area (Å²) < 4.78 is 1.13. The third-order valence-corrected chi connectivity index (χ3v) is 2.79. The minimum absolute atomic E-state index is 0.353. The summed E-state index contributed by atoms with van der Waals surface area (Å²) in [5.74, 6) is -0.418. The molecule has 3 aromatic heterocycles. The Hall–Kier alpha value is -3.02. The van der Waals surface area contributed by atoms with Crippen molar-refractivity contribution < 1.29 is 4.79 Å². The summed E-state index contributed by atoms with van der Waals surface area (Å²) in [6, 6.07) is 9.89. The number of fused-ring (bicyclic) bond motifs is 1. The summed E-state index contributed by atoms with van der Waals surface area (Å²) >= 11 is 0. The Morgan fingerprint density at radius 1 is 1.10 bits per heavy atom. The predicted molar refractivity (Wildman–Crippen MR) is 73.9 cm³/mol. The SMILES string of the molecule is O=C(Nn1c(=O)ccc2cccnc21)c1cccnc1. The third-order valence-electron chi connectivity index (χ3n) is 2.79. The largest absolute Gasteiger partial charge is 0.271 e. The molecule has 98 valence electrons. The highest BCUT2D eigenvalue weighted by Crippen LogP contribution is 2.07. The maximum atomic E-state index is 12.1. The highest BCUT2D eigenvalue weighted by Gasteiger charge is 2.09. The van der Waals surface area contributed by atoms with Gasteiger partial charge in [-0.25, -0.2) is 4.98 Å². The van der Waals surface area contributed by atoms with Gasteiger partial charge in [-0.15, -0.1) is 0 Å². The van der Waals surface area contributed by atoms with Crippen LogP contribution in [0.15, 0.2) is 59.8 Å². The Bertz CT molecular complexity index is 827. The van der Waals surface area contributed by atoms with E-state index in [0.29, 0.717) is 11.2 Å². The summed E-state index contributed by atoms with van der Waals surface area (Å²) in [4.78, 5) is 32.0. The van der Waals surface area contributed by atoms with Crippen molar-refractivity contribution >= 4 is 16.9 Å². The van der Waals surface area contributed by atoms with Gasteiger partial charge in [0.1, 0.15) is 0 Å². The summed E-state index contributed by atoms with van der Waals surface area (Å²) in [5.41, 5.74) is 2.95. The fourth-order valence-corrected chi connectivity index (χ4v) is 1.84. The topological polar surface area (TPSA) is 76.9 Å². The second kappa shape index (κ2) is 4.93. The molecule has 1 amide bonds. The van der Waals surface area contributed by atoms with Gasteiger partial charge in [0.15, 0.2) is 5.65 Å². The number of carbonyl (C=O) groups excluding carboxylic acids is 1. The predicted octanol–water partition coefficient (Wildman–Crippen LogP) is 1.18. The quantitative estimate of drug-likeness (QED) is 0.755. The second-order valence-corrected chi connectivity index (χ2v) is 4.11. The molecule has 0 radical (unpaired) electrons. The van der Waals surface area contributed by atoms with Crippen molar-refractivity contribution in [3.8, 4) is 0 Å². The van der Waals surface area contributed by atoms with Crippen molar-refractivity contribution in [3.05, 3.63) is 70.9 Å². The highest BCUT2D eigenvalue weighted by atomic mass is 16.2. The van der Waals surface area contributed by atoms with Gasteiger partial charge in [0.2, 0.25) is 0 Å². The molecule has 3 heterocycles. The molecule has 0 fully saturated rings. The number of amides is 1. The normalized spacial score (nSPS) is 10.4. The number of pyridine rings is 3. The number of hydrogen-bond donors (Lipinski definition) is 1. The van der Waals surface area contributed by atoms with Crippen LogP contribution in [0.2, 0.25) is 0 Å². The third kappa shape index (κ3) is 2.14. The molecule has 6 heteroatoms. The zero-order chi connectivity index (χ0) is 13.9. The molecule has 6 nitrogen and oxygen atoms in total. The van der Waals surface area contributed by atoms with Gasteiger partial charge in [0, 0.05) is 30.0 Å². The first-order chi connectivity index (χ1) is 9.75. The molecule has 0 aliphatic rings. The summed E-state index contributed by atoms with van der Waals surface area (Å²) in [6.07, 6.45) is 4.57. The van der Waals surface area contributed by atoms with Crippen molar-refractivity contribution in [1.82, 2.24) is 14.6 Å². The summed E-state index contributed by atoms with van der Waals surface area (Å²) in [5, 5.41) is 0.763. The van der Waals surface area contributed by atoms with E-state index in [9.17, 15) is 9.59 Å². The van der Waals surface area contributed by atoms with E-state index >= 15 is 0 Å². The van der Waals surface area contributed by atoms with Crippen molar-refractivity contribution in [2.75, 3.05) is 5.43 Å². The van der Waals surface area contributed by atoms with Crippen molar-refractivity contribution in [2.24, 2.45) is 0 Å². The molecular formula is C14H10N4O2. The Morgan fingerprint density at radius 2 is 1.95 bits per heavy atom. The van der Waals surface area contributed by atoms with Crippen molar-refractivity contribution in [3.63, 3.8) is 0 Å². The molecule has 0 spiro atoms. The number of carbonyl (C=O) groups is 1. The first kappa shape index (κ1) is 12.0. The highest BCUT2D eigenvalue weighted by molar-refractivity contribution is 6.00. The molecule has 0 saturated heterocycles. The van der Waals surface area contributed by atoms with Gasteiger partial charge >= 0.3 is 0 Å². The lowest BCUT2D eigenvalue weighted by Gasteiger charge is -2.10. The van der Waals surface area contributed by atoms with E-state index in [0.717, 1.165) is 10.1 Å². The standard InChI is InChI=1S/C14H10N4O2/c19-12-6-5-10-3-2-8-16-13(10)18(12)17-14(20)11-4-1-7-15-9-11/h1-9H,(H,17,20). The zero-order valence-electron chi connectivity index (χ0n) is 10.4. The molecule has 0 bridgehead atoms. The maximum absolute atomic E-state index is 12.1. The fraction of sp³-hybridized carbons (Fsp3) is 0. The van der Waals surface area contributed by atoms with E-state index in [1.54, 1.807) is 36.7 Å². The fourth-order valence-electron chi connectivity index (χ4n) is 1.84. The van der Waals surface area contributed by atoms with Crippen molar-refractivity contribution in [2.45, 2.75) is 0 Å². The molecular weight excluding hydrogens is 256 g/mol. The first-order valence-electron chi connectivity index (χ1n) is 5.94. The van der Waals surface area contributed by atoms with Gasteiger partial charge in [-0.1, -0.05) is 0 Å². The van der Waals surface area contributed by atoms with Crippen LogP contribution >= 0.6 is 0 Å². The van der Waals surface area contributed by atoms with Crippen LogP contribution in [-0.2, 0) is 0 Å². The average Bonchev–Trinajstić information content (AvgIpc) is 2.51. The lowest BCUT2D eigenvalue weighted by Crippen LogP contribution is -2.33. The van der Waals surface area contributed by atoms with E-state index < -0.39 is 5.91 Å². The smallest absolute Gasteiger partial charge is 0.267 e. The van der Waals surface area contributed by atoms with Crippen molar-refractivity contribution in [1.29, 1.82) is 0 Å². The monoisotopic (exact) mass is 266 g/mol. The Kier molecular flexibility index (Phi) is 2.96. The Labute approximate surface area is 113 Å². The van der Waals surface area contributed by atoms with Crippen LogP contribution in [0.1, 0.15) is 10.4 Å². The van der Waals surface area contributed by atoms with E-state index in [1.807, 2.05) is 6.07 Å². The van der Waals surface area contributed by atoms with Crippen LogP contribution in [0, 0.1) is 0 Å². The van der Waals surface area contributed by atoms with Gasteiger partial charge in [0.25, 0.3) is 11.5 Å². The first-order valence-corrected chi connectivity index (χ1v) is 5.94. The van der Waals surface area contributed by atoms with Crippen LogP contribution in [0.25, 0.3) is 11.0 Å².